The summed E-state index contributed by atoms with van der Waals surface area (Å²) in [5.41, 5.74) is -1.30. The van der Waals surface area contributed by atoms with Crippen molar-refractivity contribution in [3.63, 3.8) is 0 Å². The topological polar surface area (TPSA) is 115 Å². The first-order valence-electron chi connectivity index (χ1n) is 8.09. The number of nitro groups is 1. The van der Waals surface area contributed by atoms with Gasteiger partial charge < -0.3 is 19.6 Å². The van der Waals surface area contributed by atoms with Crippen molar-refractivity contribution in [3.8, 4) is 5.75 Å². The largest absolute Gasteiger partial charge is 0.495 e. The number of aliphatic hydroxyl groups is 1. The van der Waals surface area contributed by atoms with Gasteiger partial charge in [0.25, 0.3) is 11.6 Å². The molecule has 2 aromatic rings. The molecule has 1 heterocycles. The first-order chi connectivity index (χ1) is 12.6. The third-order valence-electron chi connectivity index (χ3n) is 4.16. The summed E-state index contributed by atoms with van der Waals surface area (Å²) in [7, 11) is 1.41. The molecule has 0 aliphatic heterocycles. The van der Waals surface area contributed by atoms with Crippen LogP contribution in [0.2, 0.25) is 0 Å². The van der Waals surface area contributed by atoms with Crippen molar-refractivity contribution < 1.29 is 24.0 Å². The number of nitro benzene ring substituents is 1. The standard InChI is InChI=1S/C18H22N2O6S/c1-10-6-13(11(2)26-10)18(3,22)9-19-17(21)12-7-16(27-5)15(25-4)8-14(12)20(23)24/h6-8,22H,9H2,1-5H3,(H,19,21). The molecule has 1 unspecified atom stereocenters. The lowest BCUT2D eigenvalue weighted by Crippen LogP contribution is -2.39. The van der Waals surface area contributed by atoms with E-state index in [-0.39, 0.29) is 17.8 Å². The molecule has 27 heavy (non-hydrogen) atoms. The number of ether oxygens (including phenoxy) is 1. The number of nitrogens with one attached hydrogen (secondary N) is 1. The molecule has 1 aromatic carbocycles. The third-order valence-corrected chi connectivity index (χ3v) is 4.92. The molecule has 0 radical (unpaired) electrons. The highest BCUT2D eigenvalue weighted by Crippen LogP contribution is 2.34. The Morgan fingerprint density at radius 3 is 2.56 bits per heavy atom. The second-order valence-corrected chi connectivity index (χ2v) is 7.11. The van der Waals surface area contributed by atoms with Crippen LogP contribution < -0.4 is 10.1 Å². The van der Waals surface area contributed by atoms with Crippen molar-refractivity contribution >= 4 is 23.4 Å². The lowest BCUT2D eigenvalue weighted by atomic mass is 9.96. The van der Waals surface area contributed by atoms with E-state index in [0.29, 0.717) is 27.7 Å². The van der Waals surface area contributed by atoms with Gasteiger partial charge in [0.05, 0.1) is 29.5 Å². The van der Waals surface area contributed by atoms with Crippen LogP contribution >= 0.6 is 11.8 Å². The average molecular weight is 394 g/mol. The Morgan fingerprint density at radius 2 is 2.07 bits per heavy atom. The molecular weight excluding hydrogens is 372 g/mol. The van der Waals surface area contributed by atoms with Crippen LogP contribution in [0, 0.1) is 24.0 Å². The molecule has 2 rings (SSSR count). The molecule has 0 saturated heterocycles. The summed E-state index contributed by atoms with van der Waals surface area (Å²) in [5.74, 6) is 0.858. The Kier molecular flexibility index (Phi) is 6.17. The molecule has 0 bridgehead atoms. The minimum absolute atomic E-state index is 0.0963. The molecule has 1 aromatic heterocycles. The second-order valence-electron chi connectivity index (χ2n) is 6.26. The Bertz CT molecular complexity index is 875. The number of methoxy groups -OCH3 is 1. The summed E-state index contributed by atoms with van der Waals surface area (Å²) < 4.78 is 10.6. The van der Waals surface area contributed by atoms with Crippen molar-refractivity contribution in [2.75, 3.05) is 19.9 Å². The lowest BCUT2D eigenvalue weighted by Gasteiger charge is -2.23. The van der Waals surface area contributed by atoms with Crippen LogP contribution in [0.3, 0.4) is 0 Å². The third kappa shape index (κ3) is 4.42. The molecule has 2 N–H and O–H groups in total. The summed E-state index contributed by atoms with van der Waals surface area (Å²) >= 11 is 1.31. The van der Waals surface area contributed by atoms with Gasteiger partial charge in [-0.2, -0.15) is 0 Å². The summed E-state index contributed by atoms with van der Waals surface area (Å²) in [6.07, 6.45) is 1.78. The van der Waals surface area contributed by atoms with E-state index in [1.165, 1.54) is 31.0 Å². The summed E-state index contributed by atoms with van der Waals surface area (Å²) in [4.78, 5) is 23.9. The molecule has 0 fully saturated rings. The fourth-order valence-electron chi connectivity index (χ4n) is 2.81. The van der Waals surface area contributed by atoms with E-state index in [2.05, 4.69) is 5.32 Å². The first-order valence-corrected chi connectivity index (χ1v) is 9.31. The number of benzene rings is 1. The number of hydrogen-bond acceptors (Lipinski definition) is 7. The van der Waals surface area contributed by atoms with Gasteiger partial charge in [-0.25, -0.2) is 0 Å². The summed E-state index contributed by atoms with van der Waals surface area (Å²) in [5, 5.41) is 24.6. The number of rotatable bonds is 7. The number of hydrogen-bond donors (Lipinski definition) is 2. The molecule has 0 saturated carbocycles. The minimum Gasteiger partial charge on any atom is -0.495 e. The molecule has 8 nitrogen and oxygen atoms in total. The van der Waals surface area contributed by atoms with Crippen LogP contribution in [0.4, 0.5) is 5.69 Å². The zero-order chi connectivity index (χ0) is 20.4. The van der Waals surface area contributed by atoms with Gasteiger partial charge in [0.1, 0.15) is 28.4 Å². The Hall–Kier alpha value is -2.52. The highest BCUT2D eigenvalue weighted by molar-refractivity contribution is 7.98. The fourth-order valence-corrected chi connectivity index (χ4v) is 3.39. The van der Waals surface area contributed by atoms with Crippen LogP contribution in [-0.4, -0.2) is 35.8 Å². The van der Waals surface area contributed by atoms with Gasteiger partial charge in [-0.15, -0.1) is 11.8 Å². The van der Waals surface area contributed by atoms with Crippen molar-refractivity contribution in [2.24, 2.45) is 0 Å². The number of thioether (sulfide) groups is 1. The maximum Gasteiger partial charge on any atom is 0.285 e. The zero-order valence-electron chi connectivity index (χ0n) is 15.8. The number of nitrogens with zero attached hydrogens (tertiary/aromatic N) is 1. The molecule has 1 atom stereocenters. The van der Waals surface area contributed by atoms with Crippen LogP contribution in [0.15, 0.2) is 27.5 Å². The van der Waals surface area contributed by atoms with E-state index in [4.69, 9.17) is 9.15 Å². The first kappa shape index (κ1) is 20.8. The molecule has 146 valence electrons. The normalized spacial score (nSPS) is 13.1. The number of furan rings is 1. The maximum absolute atomic E-state index is 12.6. The van der Waals surface area contributed by atoms with Gasteiger partial charge >= 0.3 is 0 Å². The number of carbonyl (C=O) groups excluding carboxylic acids is 1. The van der Waals surface area contributed by atoms with Crippen molar-refractivity contribution in [2.45, 2.75) is 31.3 Å². The molecule has 0 spiro atoms. The minimum atomic E-state index is -1.39. The van der Waals surface area contributed by atoms with Gasteiger partial charge in [0, 0.05) is 5.56 Å². The van der Waals surface area contributed by atoms with Gasteiger partial charge in [-0.3, -0.25) is 14.9 Å². The summed E-state index contributed by atoms with van der Waals surface area (Å²) in [6, 6.07) is 4.34. The van der Waals surface area contributed by atoms with Crippen molar-refractivity contribution in [1.82, 2.24) is 5.32 Å². The van der Waals surface area contributed by atoms with Crippen LogP contribution in [0.5, 0.6) is 5.75 Å². The lowest BCUT2D eigenvalue weighted by molar-refractivity contribution is -0.385. The number of carbonyl (C=O) groups is 1. The Labute approximate surface area is 161 Å². The van der Waals surface area contributed by atoms with Crippen LogP contribution in [0.25, 0.3) is 0 Å². The van der Waals surface area contributed by atoms with Gasteiger partial charge in [-0.1, -0.05) is 0 Å². The Balaban J connectivity index is 2.29. The second kappa shape index (κ2) is 8.01. The van der Waals surface area contributed by atoms with Gasteiger partial charge in [0.2, 0.25) is 0 Å². The molecule has 0 aliphatic carbocycles. The van der Waals surface area contributed by atoms with E-state index < -0.39 is 16.4 Å². The predicted octanol–water partition coefficient (Wildman–Crippen LogP) is 3.17. The highest BCUT2D eigenvalue weighted by atomic mass is 32.2. The van der Waals surface area contributed by atoms with Crippen molar-refractivity contribution in [1.29, 1.82) is 0 Å². The fraction of sp³-hybridized carbons (Fsp3) is 0.389. The maximum atomic E-state index is 12.6. The van der Waals surface area contributed by atoms with Crippen molar-refractivity contribution in [3.05, 3.63) is 51.0 Å². The van der Waals surface area contributed by atoms with Gasteiger partial charge in [-0.05, 0) is 39.2 Å². The number of amides is 1. The monoisotopic (exact) mass is 394 g/mol. The van der Waals surface area contributed by atoms with E-state index >= 15 is 0 Å². The smallest absolute Gasteiger partial charge is 0.285 e. The van der Waals surface area contributed by atoms with E-state index in [9.17, 15) is 20.0 Å². The van der Waals surface area contributed by atoms with E-state index in [1.807, 2.05) is 0 Å². The molecule has 0 aliphatic rings. The zero-order valence-corrected chi connectivity index (χ0v) is 16.6. The average Bonchev–Trinajstić information content (AvgIpc) is 2.97. The molecule has 9 heteroatoms. The van der Waals surface area contributed by atoms with Gasteiger partial charge in [0.15, 0.2) is 0 Å². The quantitative estimate of drug-likeness (QED) is 0.421. The molecular formula is C18H22N2O6S. The van der Waals surface area contributed by atoms with E-state index in [0.717, 1.165) is 0 Å². The highest BCUT2D eigenvalue weighted by Gasteiger charge is 2.30. The Morgan fingerprint density at radius 1 is 1.41 bits per heavy atom. The SMILES string of the molecule is COc1cc([N+](=O)[O-])c(C(=O)NCC(C)(O)c2cc(C)oc2C)cc1SC. The van der Waals surface area contributed by atoms with Crippen LogP contribution in [-0.2, 0) is 5.60 Å². The predicted molar refractivity (Wildman–Crippen MR) is 102 cm³/mol. The summed E-state index contributed by atoms with van der Waals surface area (Å²) in [6.45, 7) is 4.89. The van der Waals surface area contributed by atoms with E-state index in [1.54, 1.807) is 33.1 Å². The van der Waals surface area contributed by atoms with Crippen LogP contribution in [0.1, 0.15) is 34.4 Å². The molecule has 1 amide bonds. The number of aryl methyl sites for hydroxylation is 2.